The van der Waals surface area contributed by atoms with Crippen molar-refractivity contribution in [3.63, 3.8) is 0 Å². The Labute approximate surface area is 142 Å². The molecule has 0 unspecified atom stereocenters. The first-order valence-electron chi connectivity index (χ1n) is 6.54. The van der Waals surface area contributed by atoms with E-state index in [1.807, 2.05) is 0 Å². The molecule has 128 valence electrons. The number of carbonyl (C=O) groups excluding carboxylic acids is 1. The first-order valence-corrected chi connectivity index (χ1v) is 7.35. The lowest BCUT2D eigenvalue weighted by atomic mass is 10.3. The fourth-order valence-electron chi connectivity index (χ4n) is 1.79. The van der Waals surface area contributed by atoms with Gasteiger partial charge in [0, 0.05) is 16.9 Å². The Morgan fingerprint density at radius 2 is 2.04 bits per heavy atom. The van der Waals surface area contributed by atoms with Crippen molar-refractivity contribution in [2.75, 3.05) is 0 Å². The van der Waals surface area contributed by atoms with Gasteiger partial charge in [0.25, 0.3) is 5.16 Å². The lowest BCUT2D eigenvalue weighted by Crippen LogP contribution is -2.20. The molecule has 25 heavy (non-hydrogen) atoms. The normalized spacial score (nSPS) is 10.8. The predicted octanol–water partition coefficient (Wildman–Crippen LogP) is -0.0624. The van der Waals surface area contributed by atoms with Crippen molar-refractivity contribution < 1.29 is 14.1 Å². The smallest absolute Gasteiger partial charge is 0.390 e. The number of tetrazole rings is 1. The van der Waals surface area contributed by atoms with E-state index in [0.717, 1.165) is 16.4 Å². The molecule has 0 spiro atoms. The number of nitro groups is 1. The van der Waals surface area contributed by atoms with Gasteiger partial charge in [0.05, 0.1) is 5.69 Å². The van der Waals surface area contributed by atoms with Gasteiger partial charge in [-0.15, -0.1) is 5.10 Å². The average molecular weight is 365 g/mol. The largest absolute Gasteiger partial charge is 0.492 e. The topological polar surface area (TPSA) is 161 Å². The van der Waals surface area contributed by atoms with Crippen LogP contribution in [0.1, 0.15) is 0 Å². The highest BCUT2D eigenvalue weighted by Gasteiger charge is 2.25. The summed E-state index contributed by atoms with van der Waals surface area (Å²) in [6.45, 7) is -0.402. The Kier molecular flexibility index (Phi) is 4.34. The molecule has 0 aliphatic heterocycles. The number of rotatable bonds is 6. The third-order valence-electron chi connectivity index (χ3n) is 2.79. The molecule has 1 aromatic carbocycles. The van der Waals surface area contributed by atoms with Gasteiger partial charge in [-0.25, -0.2) is 4.39 Å². The number of amides is 1. The van der Waals surface area contributed by atoms with Gasteiger partial charge in [0.1, 0.15) is 12.4 Å². The minimum absolute atomic E-state index is 0.00339. The van der Waals surface area contributed by atoms with E-state index in [9.17, 15) is 19.3 Å². The number of nitrogens with two attached hydrogens (primary N) is 1. The molecule has 0 atom stereocenters. The van der Waals surface area contributed by atoms with E-state index in [1.54, 1.807) is 0 Å². The molecule has 0 bridgehead atoms. The Hall–Kier alpha value is -3.42. The third-order valence-corrected chi connectivity index (χ3v) is 3.71. The molecular formula is C11H8FN9O3S. The van der Waals surface area contributed by atoms with Gasteiger partial charge in [0.2, 0.25) is 11.1 Å². The SMILES string of the molecule is NC(=O)Cn1nc([N+](=O)[O-])nc1Sc1nnnn1-c1ccc(F)cc1. The second-order valence-corrected chi connectivity index (χ2v) is 5.46. The van der Waals surface area contributed by atoms with E-state index >= 15 is 0 Å². The van der Waals surface area contributed by atoms with Gasteiger partial charge in [-0.2, -0.15) is 9.36 Å². The van der Waals surface area contributed by atoms with Crippen LogP contribution in [0.25, 0.3) is 5.69 Å². The number of hydrogen-bond donors (Lipinski definition) is 1. The van der Waals surface area contributed by atoms with Crippen LogP contribution in [0.2, 0.25) is 0 Å². The number of halogens is 1. The Morgan fingerprint density at radius 1 is 1.32 bits per heavy atom. The molecule has 0 aliphatic rings. The zero-order valence-corrected chi connectivity index (χ0v) is 13.0. The summed E-state index contributed by atoms with van der Waals surface area (Å²) in [5, 5.41) is 25.7. The highest BCUT2D eigenvalue weighted by molar-refractivity contribution is 7.99. The molecule has 2 N–H and O–H groups in total. The van der Waals surface area contributed by atoms with Crippen molar-refractivity contribution in [1.82, 2.24) is 35.0 Å². The van der Waals surface area contributed by atoms with Crippen LogP contribution in [0.4, 0.5) is 10.3 Å². The minimum Gasteiger partial charge on any atom is -0.390 e. The Bertz CT molecular complexity index is 939. The van der Waals surface area contributed by atoms with Gasteiger partial charge in [-0.1, -0.05) is 0 Å². The summed E-state index contributed by atoms with van der Waals surface area (Å²) in [6.07, 6.45) is 0. The van der Waals surface area contributed by atoms with Crippen molar-refractivity contribution in [3.8, 4) is 5.69 Å². The molecule has 2 heterocycles. The Balaban J connectivity index is 1.95. The van der Waals surface area contributed by atoms with Crippen LogP contribution in [-0.2, 0) is 11.3 Å². The molecule has 0 saturated heterocycles. The van der Waals surface area contributed by atoms with Crippen molar-refractivity contribution in [3.05, 3.63) is 40.2 Å². The first kappa shape index (κ1) is 16.4. The van der Waals surface area contributed by atoms with Crippen LogP contribution in [0.15, 0.2) is 34.6 Å². The molecular weight excluding hydrogens is 357 g/mol. The molecule has 0 saturated carbocycles. The zero-order chi connectivity index (χ0) is 18.0. The van der Waals surface area contributed by atoms with E-state index < -0.39 is 29.1 Å². The van der Waals surface area contributed by atoms with Crippen molar-refractivity contribution >= 4 is 23.6 Å². The van der Waals surface area contributed by atoms with Gasteiger partial charge in [-0.3, -0.25) is 4.79 Å². The van der Waals surface area contributed by atoms with E-state index in [4.69, 9.17) is 5.73 Å². The van der Waals surface area contributed by atoms with Gasteiger partial charge >= 0.3 is 5.95 Å². The molecule has 1 amide bonds. The summed E-state index contributed by atoms with van der Waals surface area (Å²) < 4.78 is 15.3. The standard InChI is InChI=1S/C11H8FN9O3S/c12-6-1-3-7(4-2-6)20-11(15-17-18-20)25-10-14-9(21(23)24)16-19(10)5-8(13)22/h1-4H,5H2,(H2,13,22). The van der Waals surface area contributed by atoms with Crippen LogP contribution in [0, 0.1) is 15.9 Å². The molecule has 0 aliphatic carbocycles. The van der Waals surface area contributed by atoms with E-state index in [0.29, 0.717) is 5.69 Å². The summed E-state index contributed by atoms with van der Waals surface area (Å²) in [7, 11) is 0. The monoisotopic (exact) mass is 365 g/mol. The molecule has 2 aromatic heterocycles. The van der Waals surface area contributed by atoms with Crippen LogP contribution < -0.4 is 5.73 Å². The van der Waals surface area contributed by atoms with Crippen LogP contribution in [0.5, 0.6) is 0 Å². The maximum Gasteiger partial charge on any atom is 0.492 e. The number of aromatic nitrogens is 7. The van der Waals surface area contributed by atoms with Crippen LogP contribution in [0.3, 0.4) is 0 Å². The Morgan fingerprint density at radius 3 is 2.68 bits per heavy atom. The molecule has 12 nitrogen and oxygen atoms in total. The number of nitrogens with zero attached hydrogens (tertiary/aromatic N) is 8. The predicted molar refractivity (Wildman–Crippen MR) is 79.1 cm³/mol. The summed E-state index contributed by atoms with van der Waals surface area (Å²) in [6, 6.07) is 5.36. The summed E-state index contributed by atoms with van der Waals surface area (Å²) in [4.78, 5) is 24.9. The fraction of sp³-hybridized carbons (Fsp3) is 0.0909. The second-order valence-electron chi connectivity index (χ2n) is 4.53. The van der Waals surface area contributed by atoms with Gasteiger partial charge < -0.3 is 15.8 Å². The maximum absolute atomic E-state index is 13.0. The van der Waals surface area contributed by atoms with Crippen molar-refractivity contribution in [2.45, 2.75) is 16.9 Å². The number of carbonyl (C=O) groups is 1. The average Bonchev–Trinajstić information content (AvgIpc) is 3.16. The molecule has 14 heteroatoms. The number of benzene rings is 1. The van der Waals surface area contributed by atoms with E-state index in [-0.39, 0.29) is 10.3 Å². The lowest BCUT2D eigenvalue weighted by Gasteiger charge is -2.02. The number of primary amides is 1. The van der Waals surface area contributed by atoms with Crippen molar-refractivity contribution in [2.24, 2.45) is 5.73 Å². The van der Waals surface area contributed by atoms with Crippen LogP contribution >= 0.6 is 11.8 Å². The molecule has 3 aromatic rings. The zero-order valence-electron chi connectivity index (χ0n) is 12.2. The summed E-state index contributed by atoms with van der Waals surface area (Å²) >= 11 is 0.837. The summed E-state index contributed by atoms with van der Waals surface area (Å²) in [5.41, 5.74) is 5.56. The van der Waals surface area contributed by atoms with Gasteiger partial charge in [0.15, 0.2) is 0 Å². The summed E-state index contributed by atoms with van der Waals surface area (Å²) in [5.74, 6) is -1.87. The van der Waals surface area contributed by atoms with Crippen LogP contribution in [-0.4, -0.2) is 45.8 Å². The first-order chi connectivity index (χ1) is 11.9. The second kappa shape index (κ2) is 6.60. The van der Waals surface area contributed by atoms with E-state index in [2.05, 4.69) is 25.6 Å². The maximum atomic E-state index is 13.0. The molecule has 3 rings (SSSR count). The molecule has 0 fully saturated rings. The minimum atomic E-state index is -0.801. The van der Waals surface area contributed by atoms with Crippen molar-refractivity contribution in [1.29, 1.82) is 0 Å². The number of hydrogen-bond acceptors (Lipinski definition) is 9. The third kappa shape index (κ3) is 3.57. The highest BCUT2D eigenvalue weighted by atomic mass is 32.2. The molecule has 0 radical (unpaired) electrons. The van der Waals surface area contributed by atoms with E-state index in [1.165, 1.54) is 28.9 Å². The highest BCUT2D eigenvalue weighted by Crippen LogP contribution is 2.27. The quantitative estimate of drug-likeness (QED) is 0.466. The fourth-order valence-corrected chi connectivity index (χ4v) is 2.60. The van der Waals surface area contributed by atoms with Gasteiger partial charge in [-0.05, 0) is 44.6 Å². The lowest BCUT2D eigenvalue weighted by molar-refractivity contribution is -0.394.